The molecule has 0 heterocycles. The second-order valence-corrected chi connectivity index (χ2v) is 4.76. The van der Waals surface area contributed by atoms with Crippen molar-refractivity contribution in [1.29, 1.82) is 0 Å². The van der Waals surface area contributed by atoms with Crippen LogP contribution < -0.4 is 5.32 Å². The van der Waals surface area contributed by atoms with Crippen LogP contribution in [0.4, 0.5) is 15.8 Å². The summed E-state index contributed by atoms with van der Waals surface area (Å²) in [4.78, 5) is 22.2. The van der Waals surface area contributed by atoms with E-state index in [1.165, 1.54) is 0 Å². The lowest BCUT2D eigenvalue weighted by molar-refractivity contribution is -0.384. The first-order valence-electron chi connectivity index (χ1n) is 5.91. The largest absolute Gasteiger partial charge is 0.316 e. The zero-order chi connectivity index (χ0) is 15.4. The van der Waals surface area contributed by atoms with Crippen LogP contribution in [0.3, 0.4) is 0 Å². The van der Waals surface area contributed by atoms with Crippen molar-refractivity contribution in [2.45, 2.75) is 5.33 Å². The van der Waals surface area contributed by atoms with Crippen molar-refractivity contribution >= 4 is 33.2 Å². The molecule has 2 rings (SSSR count). The Balaban J connectivity index is 2.26. The first-order valence-corrected chi connectivity index (χ1v) is 7.03. The third-order valence-electron chi connectivity index (χ3n) is 2.77. The summed E-state index contributed by atoms with van der Waals surface area (Å²) in [5, 5.41) is 13.9. The molecule has 0 fully saturated rings. The Morgan fingerprint density at radius 2 is 1.90 bits per heavy atom. The summed E-state index contributed by atoms with van der Waals surface area (Å²) in [7, 11) is 0. The van der Waals surface area contributed by atoms with Crippen molar-refractivity contribution < 1.29 is 14.1 Å². The second-order valence-electron chi connectivity index (χ2n) is 4.20. The number of hydrogen-bond acceptors (Lipinski definition) is 3. The Morgan fingerprint density at radius 1 is 1.24 bits per heavy atom. The standard InChI is InChI=1S/C14H10BrFN2O3/c15-8-9-1-3-10(4-2-9)14(19)17-12-7-11(16)5-6-13(12)18(20)21/h1-7H,8H2,(H,17,19). The minimum atomic E-state index is -0.678. The molecule has 0 saturated heterocycles. The summed E-state index contributed by atoms with van der Waals surface area (Å²) in [5.41, 5.74) is 0.790. The third kappa shape index (κ3) is 3.63. The predicted octanol–water partition coefficient (Wildman–Crippen LogP) is 3.88. The van der Waals surface area contributed by atoms with Gasteiger partial charge in [-0.25, -0.2) is 4.39 Å². The van der Waals surface area contributed by atoms with Gasteiger partial charge in [0.1, 0.15) is 11.5 Å². The number of carbonyl (C=O) groups is 1. The van der Waals surface area contributed by atoms with Gasteiger partial charge in [0.05, 0.1) is 4.92 Å². The molecular weight excluding hydrogens is 343 g/mol. The highest BCUT2D eigenvalue weighted by atomic mass is 79.9. The molecule has 1 N–H and O–H groups in total. The lowest BCUT2D eigenvalue weighted by Gasteiger charge is -2.06. The van der Waals surface area contributed by atoms with Crippen LogP contribution in [-0.2, 0) is 5.33 Å². The van der Waals surface area contributed by atoms with Gasteiger partial charge in [0.2, 0.25) is 0 Å². The summed E-state index contributed by atoms with van der Waals surface area (Å²) in [6.45, 7) is 0. The van der Waals surface area contributed by atoms with E-state index >= 15 is 0 Å². The van der Waals surface area contributed by atoms with Gasteiger partial charge in [0.25, 0.3) is 11.6 Å². The molecule has 0 aliphatic rings. The Morgan fingerprint density at radius 3 is 2.48 bits per heavy atom. The number of nitrogens with one attached hydrogen (secondary N) is 1. The average molecular weight is 353 g/mol. The molecule has 0 aromatic heterocycles. The Bertz CT molecular complexity index is 689. The van der Waals surface area contributed by atoms with Crippen molar-refractivity contribution in [1.82, 2.24) is 0 Å². The molecule has 0 atom stereocenters. The van der Waals surface area contributed by atoms with E-state index in [0.29, 0.717) is 10.9 Å². The van der Waals surface area contributed by atoms with Crippen LogP contribution in [0.5, 0.6) is 0 Å². The SMILES string of the molecule is O=C(Nc1cc(F)ccc1[N+](=O)[O-])c1ccc(CBr)cc1. The van der Waals surface area contributed by atoms with Gasteiger partial charge in [-0.15, -0.1) is 0 Å². The van der Waals surface area contributed by atoms with Crippen molar-refractivity contribution in [3.05, 3.63) is 69.5 Å². The number of carbonyl (C=O) groups excluding carboxylic acids is 1. The molecule has 0 unspecified atom stereocenters. The zero-order valence-electron chi connectivity index (χ0n) is 10.7. The van der Waals surface area contributed by atoms with Crippen molar-refractivity contribution in [2.75, 3.05) is 5.32 Å². The topological polar surface area (TPSA) is 72.2 Å². The molecule has 2 aromatic carbocycles. The molecule has 1 amide bonds. The molecule has 7 heteroatoms. The number of nitrogens with zero attached hydrogens (tertiary/aromatic N) is 1. The lowest BCUT2D eigenvalue weighted by Crippen LogP contribution is -2.13. The molecular formula is C14H10BrFN2O3. The number of hydrogen-bond donors (Lipinski definition) is 1. The number of anilines is 1. The van der Waals surface area contributed by atoms with E-state index in [1.807, 2.05) is 0 Å². The smallest absolute Gasteiger partial charge is 0.292 e. The number of alkyl halides is 1. The number of nitro groups is 1. The highest BCUT2D eigenvalue weighted by molar-refractivity contribution is 9.08. The zero-order valence-corrected chi connectivity index (χ0v) is 12.3. The predicted molar refractivity (Wildman–Crippen MR) is 80.1 cm³/mol. The van der Waals surface area contributed by atoms with Crippen LogP contribution >= 0.6 is 15.9 Å². The lowest BCUT2D eigenvalue weighted by atomic mass is 10.1. The summed E-state index contributed by atoms with van der Waals surface area (Å²) >= 11 is 3.29. The number of amides is 1. The van der Waals surface area contributed by atoms with Crippen LogP contribution in [0.1, 0.15) is 15.9 Å². The van der Waals surface area contributed by atoms with Crippen LogP contribution in [0, 0.1) is 15.9 Å². The number of halogens is 2. The maximum Gasteiger partial charge on any atom is 0.292 e. The first kappa shape index (κ1) is 15.1. The van der Waals surface area contributed by atoms with Gasteiger partial charge in [0, 0.05) is 23.0 Å². The fraction of sp³-hybridized carbons (Fsp3) is 0.0714. The fourth-order valence-corrected chi connectivity index (χ4v) is 2.08. The third-order valence-corrected chi connectivity index (χ3v) is 3.42. The number of rotatable bonds is 4. The molecule has 21 heavy (non-hydrogen) atoms. The van der Waals surface area contributed by atoms with Gasteiger partial charge in [-0.2, -0.15) is 0 Å². The fourth-order valence-electron chi connectivity index (χ4n) is 1.71. The maximum absolute atomic E-state index is 13.2. The first-order chi connectivity index (χ1) is 10.0. The summed E-state index contributed by atoms with van der Waals surface area (Å²) in [6, 6.07) is 9.60. The maximum atomic E-state index is 13.2. The van der Waals surface area contributed by atoms with Gasteiger partial charge in [-0.1, -0.05) is 28.1 Å². The molecule has 0 bridgehead atoms. The van der Waals surface area contributed by atoms with Gasteiger partial charge >= 0.3 is 0 Å². The summed E-state index contributed by atoms with van der Waals surface area (Å²) in [6.07, 6.45) is 0. The van der Waals surface area contributed by atoms with Crippen molar-refractivity contribution in [3.63, 3.8) is 0 Å². The summed E-state index contributed by atoms with van der Waals surface area (Å²) < 4.78 is 13.2. The van der Waals surface area contributed by atoms with Crippen LogP contribution in [0.25, 0.3) is 0 Å². The van der Waals surface area contributed by atoms with E-state index in [4.69, 9.17) is 0 Å². The van der Waals surface area contributed by atoms with E-state index in [-0.39, 0.29) is 11.4 Å². The quantitative estimate of drug-likeness (QED) is 0.515. The van der Waals surface area contributed by atoms with E-state index in [9.17, 15) is 19.3 Å². The van der Waals surface area contributed by atoms with Gasteiger partial charge in [-0.3, -0.25) is 14.9 Å². The van der Waals surface area contributed by atoms with Crippen LogP contribution in [0.15, 0.2) is 42.5 Å². The van der Waals surface area contributed by atoms with E-state index in [1.54, 1.807) is 24.3 Å². The summed E-state index contributed by atoms with van der Waals surface area (Å²) in [5.74, 6) is -1.20. The number of nitro benzene ring substituents is 1. The van der Waals surface area contributed by atoms with Gasteiger partial charge < -0.3 is 5.32 Å². The molecule has 0 spiro atoms. The Kier molecular flexibility index (Phi) is 4.64. The average Bonchev–Trinajstić information content (AvgIpc) is 2.47. The van der Waals surface area contributed by atoms with Crippen molar-refractivity contribution in [2.24, 2.45) is 0 Å². The molecule has 108 valence electrons. The molecule has 5 nitrogen and oxygen atoms in total. The Hall–Kier alpha value is -2.28. The highest BCUT2D eigenvalue weighted by Gasteiger charge is 2.17. The molecule has 0 aliphatic carbocycles. The second kappa shape index (κ2) is 6.45. The molecule has 2 aromatic rings. The molecule has 0 radical (unpaired) electrons. The Labute approximate surface area is 128 Å². The van der Waals surface area contributed by atoms with E-state index < -0.39 is 16.6 Å². The minimum absolute atomic E-state index is 0.172. The minimum Gasteiger partial charge on any atom is -0.316 e. The normalized spacial score (nSPS) is 10.2. The van der Waals surface area contributed by atoms with Gasteiger partial charge in [0.15, 0.2) is 0 Å². The monoisotopic (exact) mass is 352 g/mol. The highest BCUT2D eigenvalue weighted by Crippen LogP contribution is 2.25. The van der Waals surface area contributed by atoms with Crippen LogP contribution in [0.2, 0.25) is 0 Å². The van der Waals surface area contributed by atoms with E-state index in [2.05, 4.69) is 21.2 Å². The van der Waals surface area contributed by atoms with E-state index in [0.717, 1.165) is 23.8 Å². The van der Waals surface area contributed by atoms with Gasteiger partial charge in [-0.05, 0) is 23.8 Å². The number of benzene rings is 2. The molecule has 0 saturated carbocycles. The van der Waals surface area contributed by atoms with Crippen LogP contribution in [-0.4, -0.2) is 10.8 Å². The molecule has 0 aliphatic heterocycles. The van der Waals surface area contributed by atoms with Crippen molar-refractivity contribution in [3.8, 4) is 0 Å².